The fourth-order valence-electron chi connectivity index (χ4n) is 3.17. The lowest BCUT2D eigenvalue weighted by molar-refractivity contribution is 0.511. The van der Waals surface area contributed by atoms with Gasteiger partial charge in [-0.2, -0.15) is 4.98 Å². The molecule has 1 aromatic heterocycles. The van der Waals surface area contributed by atoms with Crippen LogP contribution in [0.2, 0.25) is 0 Å². The molecule has 1 aliphatic carbocycles. The van der Waals surface area contributed by atoms with Crippen molar-refractivity contribution in [2.75, 3.05) is 31.1 Å². The molecule has 0 bridgehead atoms. The number of hydrogen-bond donors (Lipinski definition) is 2. The van der Waals surface area contributed by atoms with E-state index in [1.807, 2.05) is 0 Å². The lowest BCUT2D eigenvalue weighted by atomic mass is 9.98. The maximum Gasteiger partial charge on any atom is 0.244 e. The van der Waals surface area contributed by atoms with Gasteiger partial charge in [0.05, 0.1) is 0 Å². The molecule has 1 saturated heterocycles. The molecule has 2 unspecified atom stereocenters. The Morgan fingerprint density at radius 1 is 1.17 bits per heavy atom. The zero-order valence-electron chi connectivity index (χ0n) is 11.2. The monoisotopic (exact) mass is 249 g/mol. The van der Waals surface area contributed by atoms with E-state index in [0.717, 1.165) is 43.9 Å². The van der Waals surface area contributed by atoms with Gasteiger partial charge in [-0.25, -0.2) is 0 Å². The molecule has 0 radical (unpaired) electrons. The molecule has 2 heterocycles. The highest BCUT2D eigenvalue weighted by molar-refractivity contribution is 5.29. The largest absolute Gasteiger partial charge is 0.338 e. The summed E-state index contributed by atoms with van der Waals surface area (Å²) < 4.78 is 0. The number of aromatic nitrogens is 3. The maximum absolute atomic E-state index is 4.74. The molecule has 1 saturated carbocycles. The number of hydrogen-bond acceptors (Lipinski definition) is 4. The Kier molecular flexibility index (Phi) is 3.50. The molecule has 2 aliphatic rings. The van der Waals surface area contributed by atoms with E-state index < -0.39 is 0 Å². The standard InChI is InChI=1S/C13H23N5/c1-10-4-2-5-11(10)12-15-13(17-16-12)18-8-3-6-14-7-9-18/h10-11,14H,2-9H2,1H3,(H,15,16,17). The lowest BCUT2D eigenvalue weighted by Gasteiger charge is -2.17. The molecule has 100 valence electrons. The van der Waals surface area contributed by atoms with E-state index in [9.17, 15) is 0 Å². The van der Waals surface area contributed by atoms with Crippen molar-refractivity contribution in [1.82, 2.24) is 20.5 Å². The summed E-state index contributed by atoms with van der Waals surface area (Å²) in [6.45, 7) is 6.54. The molecule has 1 aliphatic heterocycles. The van der Waals surface area contributed by atoms with Crippen LogP contribution in [-0.2, 0) is 0 Å². The van der Waals surface area contributed by atoms with Crippen molar-refractivity contribution in [3.05, 3.63) is 5.82 Å². The van der Waals surface area contributed by atoms with Gasteiger partial charge in [-0.15, -0.1) is 5.10 Å². The van der Waals surface area contributed by atoms with Crippen LogP contribution in [0.25, 0.3) is 0 Å². The molecule has 3 rings (SSSR count). The average molecular weight is 249 g/mol. The molecule has 5 nitrogen and oxygen atoms in total. The first-order valence-electron chi connectivity index (χ1n) is 7.22. The van der Waals surface area contributed by atoms with Gasteiger partial charge in [0.2, 0.25) is 5.95 Å². The summed E-state index contributed by atoms with van der Waals surface area (Å²) >= 11 is 0. The molecular weight excluding hydrogens is 226 g/mol. The Morgan fingerprint density at radius 3 is 2.94 bits per heavy atom. The predicted molar refractivity (Wildman–Crippen MR) is 71.8 cm³/mol. The number of aromatic amines is 1. The van der Waals surface area contributed by atoms with E-state index in [1.54, 1.807) is 0 Å². The summed E-state index contributed by atoms with van der Waals surface area (Å²) in [5.74, 6) is 3.34. The van der Waals surface area contributed by atoms with Crippen LogP contribution in [0.4, 0.5) is 5.95 Å². The van der Waals surface area contributed by atoms with Gasteiger partial charge < -0.3 is 10.2 Å². The van der Waals surface area contributed by atoms with Crippen LogP contribution in [0.15, 0.2) is 0 Å². The average Bonchev–Trinajstić information content (AvgIpc) is 2.91. The SMILES string of the molecule is CC1CCCC1c1nc(N2CCCNCC2)n[nH]1. The Hall–Kier alpha value is -1.10. The molecule has 0 aromatic carbocycles. The normalized spacial score (nSPS) is 29.5. The number of H-pyrrole nitrogens is 1. The van der Waals surface area contributed by atoms with Crippen molar-refractivity contribution in [2.45, 2.75) is 38.5 Å². The number of nitrogens with zero attached hydrogens (tertiary/aromatic N) is 3. The Balaban J connectivity index is 1.72. The summed E-state index contributed by atoms with van der Waals surface area (Å²) in [4.78, 5) is 7.03. The second-order valence-corrected chi connectivity index (χ2v) is 5.63. The highest BCUT2D eigenvalue weighted by Gasteiger charge is 2.28. The summed E-state index contributed by atoms with van der Waals surface area (Å²) in [5, 5.41) is 11.0. The Labute approximate surface area is 108 Å². The third-order valence-electron chi connectivity index (χ3n) is 4.33. The number of anilines is 1. The Bertz CT molecular complexity index is 380. The molecule has 1 aromatic rings. The van der Waals surface area contributed by atoms with Crippen LogP contribution >= 0.6 is 0 Å². The number of rotatable bonds is 2. The summed E-state index contributed by atoms with van der Waals surface area (Å²) in [5.41, 5.74) is 0. The van der Waals surface area contributed by atoms with Gasteiger partial charge in [-0.05, 0) is 31.7 Å². The fourth-order valence-corrected chi connectivity index (χ4v) is 3.17. The van der Waals surface area contributed by atoms with Crippen LogP contribution in [0.3, 0.4) is 0 Å². The van der Waals surface area contributed by atoms with Gasteiger partial charge in [-0.1, -0.05) is 13.3 Å². The Morgan fingerprint density at radius 2 is 2.11 bits per heavy atom. The van der Waals surface area contributed by atoms with Gasteiger partial charge in [0.15, 0.2) is 0 Å². The van der Waals surface area contributed by atoms with E-state index in [2.05, 4.69) is 27.3 Å². The first-order valence-corrected chi connectivity index (χ1v) is 7.22. The van der Waals surface area contributed by atoms with Gasteiger partial charge in [0.25, 0.3) is 0 Å². The topological polar surface area (TPSA) is 56.8 Å². The summed E-state index contributed by atoms with van der Waals surface area (Å²) in [6, 6.07) is 0. The lowest BCUT2D eigenvalue weighted by Crippen LogP contribution is -2.28. The van der Waals surface area contributed by atoms with Crippen LogP contribution in [0, 0.1) is 5.92 Å². The van der Waals surface area contributed by atoms with Crippen molar-refractivity contribution in [3.63, 3.8) is 0 Å². The highest BCUT2D eigenvalue weighted by Crippen LogP contribution is 2.37. The van der Waals surface area contributed by atoms with Gasteiger partial charge in [-0.3, -0.25) is 5.10 Å². The minimum Gasteiger partial charge on any atom is -0.338 e. The first-order chi connectivity index (χ1) is 8.84. The van der Waals surface area contributed by atoms with Gasteiger partial charge in [0, 0.05) is 25.6 Å². The van der Waals surface area contributed by atoms with Crippen LogP contribution in [0.1, 0.15) is 44.3 Å². The molecular formula is C13H23N5. The minimum atomic E-state index is 0.594. The molecule has 0 amide bonds. The van der Waals surface area contributed by atoms with Crippen LogP contribution in [0.5, 0.6) is 0 Å². The second-order valence-electron chi connectivity index (χ2n) is 5.63. The van der Waals surface area contributed by atoms with Crippen LogP contribution in [-0.4, -0.2) is 41.4 Å². The molecule has 0 spiro atoms. The second kappa shape index (κ2) is 5.26. The van der Waals surface area contributed by atoms with E-state index in [1.165, 1.54) is 25.7 Å². The van der Waals surface area contributed by atoms with E-state index in [-0.39, 0.29) is 0 Å². The summed E-state index contributed by atoms with van der Waals surface area (Å²) in [7, 11) is 0. The van der Waals surface area contributed by atoms with Crippen molar-refractivity contribution < 1.29 is 0 Å². The maximum atomic E-state index is 4.74. The minimum absolute atomic E-state index is 0.594. The highest BCUT2D eigenvalue weighted by atomic mass is 15.4. The van der Waals surface area contributed by atoms with Crippen molar-refractivity contribution >= 4 is 5.95 Å². The smallest absolute Gasteiger partial charge is 0.244 e. The molecule has 18 heavy (non-hydrogen) atoms. The molecule has 2 atom stereocenters. The fraction of sp³-hybridized carbons (Fsp3) is 0.846. The third kappa shape index (κ3) is 2.36. The van der Waals surface area contributed by atoms with Crippen molar-refractivity contribution in [1.29, 1.82) is 0 Å². The van der Waals surface area contributed by atoms with E-state index in [0.29, 0.717) is 5.92 Å². The van der Waals surface area contributed by atoms with E-state index >= 15 is 0 Å². The van der Waals surface area contributed by atoms with Gasteiger partial charge in [0.1, 0.15) is 5.82 Å². The van der Waals surface area contributed by atoms with Crippen LogP contribution < -0.4 is 10.2 Å². The van der Waals surface area contributed by atoms with Crippen molar-refractivity contribution in [3.8, 4) is 0 Å². The first kappa shape index (κ1) is 12.0. The zero-order valence-corrected chi connectivity index (χ0v) is 11.2. The van der Waals surface area contributed by atoms with E-state index in [4.69, 9.17) is 4.98 Å². The third-order valence-corrected chi connectivity index (χ3v) is 4.33. The quantitative estimate of drug-likeness (QED) is 0.834. The summed E-state index contributed by atoms with van der Waals surface area (Å²) in [6.07, 6.45) is 5.09. The number of nitrogens with one attached hydrogen (secondary N) is 2. The zero-order chi connectivity index (χ0) is 12.4. The predicted octanol–water partition coefficient (Wildman–Crippen LogP) is 1.51. The van der Waals surface area contributed by atoms with Gasteiger partial charge >= 0.3 is 0 Å². The molecule has 5 heteroatoms. The van der Waals surface area contributed by atoms with Crippen molar-refractivity contribution in [2.24, 2.45) is 5.92 Å². The molecule has 2 N–H and O–H groups in total. The molecule has 2 fully saturated rings.